The number of unbranched alkanes of at least 4 members (excludes halogenated alkanes) is 1. The fraction of sp³-hybridized carbons (Fsp3) is 0.857. The van der Waals surface area contributed by atoms with Gasteiger partial charge in [-0.15, -0.1) is 0 Å². The Morgan fingerprint density at radius 3 is 2.66 bits per heavy atom. The monoisotopic (exact) mass is 409 g/mol. The molecule has 2 unspecified atom stereocenters. The van der Waals surface area contributed by atoms with E-state index in [1.54, 1.807) is 11.9 Å². The minimum absolute atomic E-state index is 0.216. The molecule has 1 spiro atoms. The maximum absolute atomic E-state index is 13.6. The average Bonchev–Trinajstić information content (AvgIpc) is 3.33. The van der Waals surface area contributed by atoms with Crippen LogP contribution in [-0.2, 0) is 19.1 Å². The van der Waals surface area contributed by atoms with Crippen LogP contribution in [0.4, 0.5) is 0 Å². The highest BCUT2D eigenvalue weighted by Gasteiger charge is 2.74. The molecule has 3 amide bonds. The number of nitrogens with one attached hydrogen (secondary N) is 2. The van der Waals surface area contributed by atoms with E-state index in [9.17, 15) is 19.5 Å². The predicted molar refractivity (Wildman–Crippen MR) is 107 cm³/mol. The molecule has 3 aliphatic rings. The summed E-state index contributed by atoms with van der Waals surface area (Å²) in [6.45, 7) is 6.40. The second-order valence-electron chi connectivity index (χ2n) is 9.03. The van der Waals surface area contributed by atoms with E-state index < -0.39 is 29.5 Å². The summed E-state index contributed by atoms with van der Waals surface area (Å²) in [5, 5.41) is 15.7. The van der Waals surface area contributed by atoms with Gasteiger partial charge in [0, 0.05) is 13.6 Å². The zero-order valence-corrected chi connectivity index (χ0v) is 17.9. The molecule has 0 saturated carbocycles. The van der Waals surface area contributed by atoms with Gasteiger partial charge in [-0.25, -0.2) is 0 Å². The Labute approximate surface area is 172 Å². The van der Waals surface area contributed by atoms with Gasteiger partial charge < -0.3 is 25.4 Å². The lowest BCUT2D eigenvalue weighted by molar-refractivity contribution is -0.146. The Bertz CT molecular complexity index is 654. The van der Waals surface area contributed by atoms with Crippen molar-refractivity contribution >= 4 is 17.7 Å². The quantitative estimate of drug-likeness (QED) is 0.479. The third-order valence-corrected chi connectivity index (χ3v) is 6.71. The minimum Gasteiger partial charge on any atom is -0.394 e. The van der Waals surface area contributed by atoms with Crippen molar-refractivity contribution < 1.29 is 24.2 Å². The molecule has 3 aliphatic heterocycles. The summed E-state index contributed by atoms with van der Waals surface area (Å²) in [5.41, 5.74) is -0.986. The van der Waals surface area contributed by atoms with E-state index in [-0.39, 0.29) is 36.4 Å². The number of aliphatic hydroxyl groups excluding tert-OH is 1. The predicted octanol–water partition coefficient (Wildman–Crippen LogP) is 0.430. The van der Waals surface area contributed by atoms with E-state index in [4.69, 9.17) is 4.74 Å². The summed E-state index contributed by atoms with van der Waals surface area (Å²) >= 11 is 0. The summed E-state index contributed by atoms with van der Waals surface area (Å²) in [5.74, 6) is -1.72. The van der Waals surface area contributed by atoms with Gasteiger partial charge in [0.2, 0.25) is 17.7 Å². The van der Waals surface area contributed by atoms with Crippen molar-refractivity contribution in [3.05, 3.63) is 0 Å². The molecule has 3 N–H and O–H groups in total. The molecule has 0 aliphatic carbocycles. The lowest BCUT2D eigenvalue weighted by Crippen LogP contribution is -2.58. The van der Waals surface area contributed by atoms with Gasteiger partial charge >= 0.3 is 0 Å². The molecular weight excluding hydrogens is 374 g/mol. The molecule has 6 atom stereocenters. The number of likely N-dealkylation sites (tertiary alicyclic amines) is 1. The summed E-state index contributed by atoms with van der Waals surface area (Å²) in [6, 6.07) is -1.29. The molecule has 3 heterocycles. The summed E-state index contributed by atoms with van der Waals surface area (Å²) < 4.78 is 6.29. The zero-order chi connectivity index (χ0) is 21.3. The molecule has 8 nitrogen and oxygen atoms in total. The Morgan fingerprint density at radius 1 is 1.34 bits per heavy atom. The Kier molecular flexibility index (Phi) is 6.53. The Balaban J connectivity index is 1.99. The number of hydrogen-bond donors (Lipinski definition) is 3. The van der Waals surface area contributed by atoms with Crippen LogP contribution < -0.4 is 10.6 Å². The second-order valence-corrected chi connectivity index (χ2v) is 9.03. The molecule has 3 rings (SSSR count). The number of nitrogens with zero attached hydrogens (tertiary/aromatic N) is 1. The Morgan fingerprint density at radius 2 is 2.07 bits per heavy atom. The van der Waals surface area contributed by atoms with Crippen LogP contribution >= 0.6 is 0 Å². The van der Waals surface area contributed by atoms with Crippen molar-refractivity contribution in [1.29, 1.82) is 0 Å². The standard InChI is InChI=1S/C21H35N3O5/c1-5-6-9-23-19(27)17-21-8-7-14(29-21)15(18(26)22-4)16(21)20(28)24(17)13(11-25)10-12(2)3/h12-17,25H,5-11H2,1-4H3,(H,22,26)(H,23,27)/t13-,14-,15+,16+,17?,21?/m1/s1. The van der Waals surface area contributed by atoms with E-state index >= 15 is 0 Å². The van der Waals surface area contributed by atoms with Gasteiger partial charge in [-0.2, -0.15) is 0 Å². The van der Waals surface area contributed by atoms with E-state index in [2.05, 4.69) is 10.6 Å². The van der Waals surface area contributed by atoms with E-state index in [0.717, 1.165) is 12.8 Å². The number of rotatable bonds is 9. The first kappa shape index (κ1) is 22.0. The number of carbonyl (C=O) groups excluding carboxylic acids is 3. The van der Waals surface area contributed by atoms with Crippen molar-refractivity contribution in [3.8, 4) is 0 Å². The smallest absolute Gasteiger partial charge is 0.245 e. The van der Waals surface area contributed by atoms with Crippen LogP contribution in [0, 0.1) is 17.8 Å². The molecule has 8 heteroatoms. The lowest BCUT2D eigenvalue weighted by atomic mass is 9.70. The molecule has 164 valence electrons. The zero-order valence-electron chi connectivity index (χ0n) is 17.9. The fourth-order valence-corrected chi connectivity index (χ4v) is 5.56. The highest BCUT2D eigenvalue weighted by Crippen LogP contribution is 2.58. The molecule has 0 aromatic carbocycles. The van der Waals surface area contributed by atoms with Gasteiger partial charge in [0.1, 0.15) is 11.6 Å². The average molecular weight is 410 g/mol. The number of ether oxygens (including phenoxy) is 1. The van der Waals surface area contributed by atoms with E-state index in [1.165, 1.54) is 0 Å². The highest BCUT2D eigenvalue weighted by atomic mass is 16.5. The summed E-state index contributed by atoms with van der Waals surface area (Å²) in [7, 11) is 1.56. The maximum Gasteiger partial charge on any atom is 0.245 e. The van der Waals surface area contributed by atoms with Gasteiger partial charge in [0.05, 0.1) is 30.6 Å². The summed E-state index contributed by atoms with van der Waals surface area (Å²) in [6.07, 6.45) is 3.27. The van der Waals surface area contributed by atoms with Crippen molar-refractivity contribution in [2.45, 2.75) is 76.7 Å². The van der Waals surface area contributed by atoms with Gasteiger partial charge in [-0.05, 0) is 31.6 Å². The number of aliphatic hydroxyl groups is 1. The van der Waals surface area contributed by atoms with Crippen LogP contribution in [0.15, 0.2) is 0 Å². The van der Waals surface area contributed by atoms with Crippen LogP contribution in [0.25, 0.3) is 0 Å². The molecule has 3 saturated heterocycles. The number of amides is 3. The van der Waals surface area contributed by atoms with Crippen LogP contribution in [0.5, 0.6) is 0 Å². The van der Waals surface area contributed by atoms with Crippen molar-refractivity contribution in [1.82, 2.24) is 15.5 Å². The normalized spacial score (nSPS) is 33.9. The van der Waals surface area contributed by atoms with Crippen molar-refractivity contribution in [2.24, 2.45) is 17.8 Å². The van der Waals surface area contributed by atoms with Crippen LogP contribution in [0.1, 0.15) is 52.9 Å². The first-order valence-electron chi connectivity index (χ1n) is 10.9. The molecule has 0 aromatic rings. The van der Waals surface area contributed by atoms with Gasteiger partial charge in [0.25, 0.3) is 0 Å². The number of hydrogen-bond acceptors (Lipinski definition) is 5. The van der Waals surface area contributed by atoms with Gasteiger partial charge in [-0.3, -0.25) is 14.4 Å². The van der Waals surface area contributed by atoms with Crippen LogP contribution in [0.2, 0.25) is 0 Å². The third kappa shape index (κ3) is 3.54. The Hall–Kier alpha value is -1.67. The third-order valence-electron chi connectivity index (χ3n) is 6.71. The lowest BCUT2D eigenvalue weighted by Gasteiger charge is -2.37. The molecule has 0 aromatic heterocycles. The fourth-order valence-electron chi connectivity index (χ4n) is 5.56. The van der Waals surface area contributed by atoms with Crippen molar-refractivity contribution in [3.63, 3.8) is 0 Å². The van der Waals surface area contributed by atoms with Gasteiger partial charge in [0.15, 0.2) is 0 Å². The first-order chi connectivity index (χ1) is 13.8. The largest absolute Gasteiger partial charge is 0.394 e. The SMILES string of the molecule is CCCCNC(=O)C1N([C@@H](CO)CC(C)C)C(=O)[C@@H]2[C@@H](C(=O)NC)[C@H]3CCC12O3. The highest BCUT2D eigenvalue weighted by molar-refractivity contribution is 5.99. The first-order valence-corrected chi connectivity index (χ1v) is 10.9. The number of fused-ring (bicyclic) bond motifs is 1. The molecule has 3 fully saturated rings. The second kappa shape index (κ2) is 8.60. The topological polar surface area (TPSA) is 108 Å². The van der Waals surface area contributed by atoms with E-state index in [0.29, 0.717) is 25.8 Å². The summed E-state index contributed by atoms with van der Waals surface area (Å²) in [4.78, 5) is 41.0. The minimum atomic E-state index is -0.986. The molecule has 29 heavy (non-hydrogen) atoms. The van der Waals surface area contributed by atoms with Crippen molar-refractivity contribution in [2.75, 3.05) is 20.2 Å². The molecular formula is C21H35N3O5. The maximum atomic E-state index is 13.6. The van der Waals surface area contributed by atoms with Gasteiger partial charge in [-0.1, -0.05) is 27.2 Å². The number of carbonyl (C=O) groups is 3. The molecule has 0 radical (unpaired) electrons. The molecule has 2 bridgehead atoms. The van der Waals surface area contributed by atoms with Crippen LogP contribution in [-0.4, -0.2) is 71.7 Å². The van der Waals surface area contributed by atoms with Crippen LogP contribution in [0.3, 0.4) is 0 Å². The van der Waals surface area contributed by atoms with E-state index in [1.807, 2.05) is 20.8 Å².